The van der Waals surface area contributed by atoms with Crippen LogP contribution in [-0.2, 0) is 6.54 Å². The van der Waals surface area contributed by atoms with E-state index in [1.807, 2.05) is 12.1 Å². The topological polar surface area (TPSA) is 72.5 Å². The number of rotatable bonds is 6. The summed E-state index contributed by atoms with van der Waals surface area (Å²) in [5, 5.41) is 3.07. The van der Waals surface area contributed by atoms with Gasteiger partial charge in [0.1, 0.15) is 6.10 Å². The van der Waals surface area contributed by atoms with E-state index in [-0.39, 0.29) is 24.0 Å². The molecule has 2 rings (SSSR count). The van der Waals surface area contributed by atoms with E-state index in [1.54, 1.807) is 6.20 Å². The highest BCUT2D eigenvalue weighted by Crippen LogP contribution is 2.26. The average Bonchev–Trinajstić information content (AvgIpc) is 2.53. The van der Waals surface area contributed by atoms with Crippen molar-refractivity contribution in [2.24, 2.45) is 16.6 Å². The Morgan fingerprint density at radius 3 is 2.83 bits per heavy atom. The van der Waals surface area contributed by atoms with Crippen molar-refractivity contribution in [1.29, 1.82) is 0 Å². The molecule has 1 heterocycles. The van der Waals surface area contributed by atoms with Crippen LogP contribution in [0.1, 0.15) is 51.5 Å². The second-order valence-corrected chi connectivity index (χ2v) is 6.13. The number of hydrogen-bond acceptors (Lipinski definition) is 3. The number of nitrogens with two attached hydrogens (primary N) is 1. The fourth-order valence-corrected chi connectivity index (χ4v) is 2.62. The predicted octanol–water partition coefficient (Wildman–Crippen LogP) is 3.47. The quantitative estimate of drug-likeness (QED) is 0.410. The number of hydrogen-bond donors (Lipinski definition) is 2. The molecule has 0 atom stereocenters. The number of ether oxygens (including phenoxy) is 1. The van der Waals surface area contributed by atoms with E-state index < -0.39 is 0 Å². The lowest BCUT2D eigenvalue weighted by Gasteiger charge is -2.26. The van der Waals surface area contributed by atoms with Gasteiger partial charge in [0, 0.05) is 18.8 Å². The molecule has 0 amide bonds. The van der Waals surface area contributed by atoms with Crippen LogP contribution in [0.25, 0.3) is 0 Å². The molecule has 0 aliphatic heterocycles. The summed E-state index contributed by atoms with van der Waals surface area (Å²) < 4.78 is 6.01. The fourth-order valence-electron chi connectivity index (χ4n) is 2.62. The number of aliphatic imine (C=N–C) groups is 1. The summed E-state index contributed by atoms with van der Waals surface area (Å²) in [6.45, 7) is 5.80. The van der Waals surface area contributed by atoms with Crippen molar-refractivity contribution in [3.05, 3.63) is 23.9 Å². The number of nitrogens with zero attached hydrogens (tertiary/aromatic N) is 2. The Labute approximate surface area is 156 Å². The van der Waals surface area contributed by atoms with Crippen molar-refractivity contribution >= 4 is 29.9 Å². The molecule has 1 aromatic rings. The lowest BCUT2D eigenvalue weighted by atomic mass is 9.89. The first-order valence-electron chi connectivity index (χ1n) is 8.32. The highest BCUT2D eigenvalue weighted by molar-refractivity contribution is 14.0. The van der Waals surface area contributed by atoms with Gasteiger partial charge in [0.25, 0.3) is 0 Å². The van der Waals surface area contributed by atoms with Crippen molar-refractivity contribution in [3.63, 3.8) is 0 Å². The molecule has 6 heteroatoms. The highest BCUT2D eigenvalue weighted by atomic mass is 127. The molecule has 0 radical (unpaired) electrons. The van der Waals surface area contributed by atoms with Crippen molar-refractivity contribution in [2.75, 3.05) is 6.54 Å². The molecule has 1 aliphatic rings. The standard InChI is InChI=1S/C17H28N4O.HI/c1-3-9-20-17(18)21-12-14-8-10-19-16(11-14)22-15-6-4-13(2)5-7-15;/h8,10-11,13,15H,3-7,9,12H2,1-2H3,(H3,18,20,21);1H. The van der Waals surface area contributed by atoms with E-state index in [9.17, 15) is 0 Å². The van der Waals surface area contributed by atoms with E-state index >= 15 is 0 Å². The number of pyridine rings is 1. The molecule has 0 unspecified atom stereocenters. The zero-order valence-corrected chi connectivity index (χ0v) is 16.5. The minimum Gasteiger partial charge on any atom is -0.474 e. The van der Waals surface area contributed by atoms with Gasteiger partial charge in [-0.05, 0) is 49.7 Å². The van der Waals surface area contributed by atoms with Crippen LogP contribution in [0, 0.1) is 5.92 Å². The molecule has 0 saturated heterocycles. The summed E-state index contributed by atoms with van der Waals surface area (Å²) in [6.07, 6.45) is 7.85. The lowest BCUT2D eigenvalue weighted by Crippen LogP contribution is -2.32. The van der Waals surface area contributed by atoms with Crippen LogP contribution in [0.4, 0.5) is 0 Å². The lowest BCUT2D eigenvalue weighted by molar-refractivity contribution is 0.130. The first-order chi connectivity index (χ1) is 10.7. The van der Waals surface area contributed by atoms with E-state index in [1.165, 1.54) is 12.8 Å². The summed E-state index contributed by atoms with van der Waals surface area (Å²) in [5.74, 6) is 2.02. The van der Waals surface area contributed by atoms with E-state index in [0.29, 0.717) is 24.5 Å². The third-order valence-corrected chi connectivity index (χ3v) is 4.04. The molecule has 1 fully saturated rings. The predicted molar refractivity (Wildman–Crippen MR) is 105 cm³/mol. The normalized spacial score (nSPS) is 21.4. The van der Waals surface area contributed by atoms with E-state index in [0.717, 1.165) is 37.3 Å². The van der Waals surface area contributed by atoms with Gasteiger partial charge >= 0.3 is 0 Å². The van der Waals surface area contributed by atoms with Gasteiger partial charge in [0.05, 0.1) is 6.54 Å². The third kappa shape index (κ3) is 7.37. The van der Waals surface area contributed by atoms with Crippen molar-refractivity contribution < 1.29 is 4.74 Å². The van der Waals surface area contributed by atoms with Crippen LogP contribution in [0.15, 0.2) is 23.3 Å². The largest absolute Gasteiger partial charge is 0.474 e. The van der Waals surface area contributed by atoms with Gasteiger partial charge < -0.3 is 15.8 Å². The summed E-state index contributed by atoms with van der Waals surface area (Å²) >= 11 is 0. The van der Waals surface area contributed by atoms with Gasteiger partial charge in [-0.2, -0.15) is 0 Å². The van der Waals surface area contributed by atoms with Crippen LogP contribution in [0.3, 0.4) is 0 Å². The Morgan fingerprint density at radius 2 is 2.13 bits per heavy atom. The number of guanidine groups is 1. The molecule has 1 aromatic heterocycles. The van der Waals surface area contributed by atoms with E-state index in [4.69, 9.17) is 10.5 Å². The molecular weight excluding hydrogens is 403 g/mol. The van der Waals surface area contributed by atoms with Crippen LogP contribution < -0.4 is 15.8 Å². The van der Waals surface area contributed by atoms with E-state index in [2.05, 4.69) is 29.1 Å². The number of aromatic nitrogens is 1. The monoisotopic (exact) mass is 432 g/mol. The Balaban J connectivity index is 0.00000264. The van der Waals surface area contributed by atoms with Crippen LogP contribution in [-0.4, -0.2) is 23.6 Å². The Morgan fingerprint density at radius 1 is 1.39 bits per heavy atom. The smallest absolute Gasteiger partial charge is 0.213 e. The third-order valence-electron chi connectivity index (χ3n) is 4.04. The van der Waals surface area contributed by atoms with Gasteiger partial charge in [-0.25, -0.2) is 9.98 Å². The maximum absolute atomic E-state index is 6.01. The van der Waals surface area contributed by atoms with Crippen LogP contribution >= 0.6 is 24.0 Å². The molecule has 1 aliphatic carbocycles. The summed E-state index contributed by atoms with van der Waals surface area (Å²) in [6, 6.07) is 3.92. The Kier molecular flexibility index (Phi) is 9.28. The second kappa shape index (κ2) is 10.7. The van der Waals surface area contributed by atoms with Gasteiger partial charge in [-0.1, -0.05) is 13.8 Å². The second-order valence-electron chi connectivity index (χ2n) is 6.13. The molecule has 0 aromatic carbocycles. The molecule has 130 valence electrons. The Bertz CT molecular complexity index is 487. The first-order valence-corrected chi connectivity index (χ1v) is 8.32. The van der Waals surface area contributed by atoms with Gasteiger partial charge in [0.2, 0.25) is 5.88 Å². The minimum atomic E-state index is 0. The van der Waals surface area contributed by atoms with Gasteiger partial charge in [0.15, 0.2) is 5.96 Å². The van der Waals surface area contributed by atoms with Crippen molar-refractivity contribution in [1.82, 2.24) is 10.3 Å². The summed E-state index contributed by atoms with van der Waals surface area (Å²) in [4.78, 5) is 8.64. The molecule has 0 bridgehead atoms. The fraction of sp³-hybridized carbons (Fsp3) is 0.647. The maximum Gasteiger partial charge on any atom is 0.213 e. The maximum atomic E-state index is 6.01. The number of halogens is 1. The summed E-state index contributed by atoms with van der Waals surface area (Å²) in [5.41, 5.74) is 6.87. The highest BCUT2D eigenvalue weighted by Gasteiger charge is 2.19. The zero-order valence-electron chi connectivity index (χ0n) is 14.1. The molecule has 1 saturated carbocycles. The summed E-state index contributed by atoms with van der Waals surface area (Å²) in [7, 11) is 0. The van der Waals surface area contributed by atoms with Gasteiger partial charge in [-0.3, -0.25) is 0 Å². The Hall–Kier alpha value is -1.05. The molecule has 0 spiro atoms. The SMILES string of the molecule is CCCNC(N)=NCc1ccnc(OC2CCC(C)CC2)c1.I. The number of nitrogens with one attached hydrogen (secondary N) is 1. The van der Waals surface area contributed by atoms with Gasteiger partial charge in [-0.15, -0.1) is 24.0 Å². The molecule has 23 heavy (non-hydrogen) atoms. The molecule has 5 nitrogen and oxygen atoms in total. The van der Waals surface area contributed by atoms with Crippen LogP contribution in [0.5, 0.6) is 5.88 Å². The zero-order chi connectivity index (χ0) is 15.8. The van der Waals surface area contributed by atoms with Crippen molar-refractivity contribution in [3.8, 4) is 5.88 Å². The first kappa shape index (κ1) is 20.0. The minimum absolute atomic E-state index is 0. The van der Waals surface area contributed by atoms with Crippen LogP contribution in [0.2, 0.25) is 0 Å². The average molecular weight is 432 g/mol. The molecular formula is C17H29IN4O. The van der Waals surface area contributed by atoms with Crippen molar-refractivity contribution in [2.45, 2.75) is 58.6 Å². The molecule has 3 N–H and O–H groups in total.